The predicted molar refractivity (Wildman–Crippen MR) is 74.9 cm³/mol. The highest BCUT2D eigenvalue weighted by Gasteiger charge is 2.10. The van der Waals surface area contributed by atoms with Gasteiger partial charge < -0.3 is 10.4 Å². The van der Waals surface area contributed by atoms with Gasteiger partial charge in [-0.15, -0.1) is 0 Å². The summed E-state index contributed by atoms with van der Waals surface area (Å²) < 4.78 is 13.7. The molecule has 0 unspecified atom stereocenters. The molecular weight excluding hydrogens is 313 g/mol. The molecule has 5 heteroatoms. The van der Waals surface area contributed by atoms with Gasteiger partial charge in [0.2, 0.25) is 0 Å². The monoisotopic (exact) mass is 323 g/mol. The molecule has 0 aliphatic heterocycles. The summed E-state index contributed by atoms with van der Waals surface area (Å²) in [6, 6.07) is 8.78. The topological polar surface area (TPSA) is 49.3 Å². The van der Waals surface area contributed by atoms with E-state index in [1.807, 2.05) is 0 Å². The fraction of sp³-hybridized carbons (Fsp3) is 0.0714. The Labute approximate surface area is 118 Å². The first-order chi connectivity index (χ1) is 8.97. The molecule has 1 amide bonds. The molecule has 19 heavy (non-hydrogen) atoms. The van der Waals surface area contributed by atoms with Gasteiger partial charge in [-0.1, -0.05) is 0 Å². The molecule has 0 heterocycles. The van der Waals surface area contributed by atoms with Crippen molar-refractivity contribution < 1.29 is 14.3 Å². The maximum Gasteiger partial charge on any atom is 0.255 e. The number of amides is 1. The van der Waals surface area contributed by atoms with Gasteiger partial charge in [-0.05, 0) is 64.8 Å². The Bertz CT molecular complexity index is 643. The number of aromatic hydroxyl groups is 1. The Hall–Kier alpha value is -1.88. The molecule has 0 spiro atoms. The Morgan fingerprint density at radius 2 is 2.00 bits per heavy atom. The van der Waals surface area contributed by atoms with Crippen molar-refractivity contribution in [2.45, 2.75) is 6.92 Å². The van der Waals surface area contributed by atoms with Gasteiger partial charge in [0.25, 0.3) is 5.91 Å². The van der Waals surface area contributed by atoms with Crippen molar-refractivity contribution in [3.8, 4) is 5.75 Å². The summed E-state index contributed by atoms with van der Waals surface area (Å²) in [6.45, 7) is 1.76. The van der Waals surface area contributed by atoms with Crippen molar-refractivity contribution >= 4 is 27.5 Å². The van der Waals surface area contributed by atoms with Gasteiger partial charge in [0.15, 0.2) is 0 Å². The van der Waals surface area contributed by atoms with E-state index in [4.69, 9.17) is 0 Å². The lowest BCUT2D eigenvalue weighted by Crippen LogP contribution is -2.13. The average molecular weight is 324 g/mol. The lowest BCUT2D eigenvalue weighted by Gasteiger charge is -2.09. The van der Waals surface area contributed by atoms with Gasteiger partial charge in [0.05, 0.1) is 4.47 Å². The SMILES string of the molecule is Cc1cc(O)ccc1NC(=O)c1ccc(Br)c(F)c1. The number of phenols is 1. The highest BCUT2D eigenvalue weighted by Crippen LogP contribution is 2.22. The van der Waals surface area contributed by atoms with Crippen LogP contribution in [0.2, 0.25) is 0 Å². The zero-order valence-electron chi connectivity index (χ0n) is 10.1. The Morgan fingerprint density at radius 1 is 1.26 bits per heavy atom. The molecule has 98 valence electrons. The number of carbonyl (C=O) groups is 1. The second-order valence-electron chi connectivity index (χ2n) is 4.08. The molecule has 2 aromatic carbocycles. The molecule has 0 bridgehead atoms. The van der Waals surface area contributed by atoms with Gasteiger partial charge in [-0.2, -0.15) is 0 Å². The molecule has 0 aromatic heterocycles. The van der Waals surface area contributed by atoms with E-state index in [9.17, 15) is 14.3 Å². The van der Waals surface area contributed by atoms with Gasteiger partial charge in [0, 0.05) is 11.3 Å². The summed E-state index contributed by atoms with van der Waals surface area (Å²) in [7, 11) is 0. The van der Waals surface area contributed by atoms with E-state index >= 15 is 0 Å². The molecule has 3 nitrogen and oxygen atoms in total. The van der Waals surface area contributed by atoms with Crippen LogP contribution < -0.4 is 5.32 Å². The molecular formula is C14H11BrFNO2. The number of benzene rings is 2. The van der Waals surface area contributed by atoms with Gasteiger partial charge in [-0.25, -0.2) is 4.39 Å². The highest BCUT2D eigenvalue weighted by atomic mass is 79.9. The van der Waals surface area contributed by atoms with Crippen molar-refractivity contribution in [1.29, 1.82) is 0 Å². The first kappa shape index (κ1) is 13.5. The third-order valence-electron chi connectivity index (χ3n) is 2.64. The van der Waals surface area contributed by atoms with E-state index in [-0.39, 0.29) is 11.3 Å². The van der Waals surface area contributed by atoms with Crippen molar-refractivity contribution in [2.24, 2.45) is 0 Å². The van der Waals surface area contributed by atoms with E-state index in [1.165, 1.54) is 24.3 Å². The summed E-state index contributed by atoms with van der Waals surface area (Å²) >= 11 is 3.03. The van der Waals surface area contributed by atoms with Crippen LogP contribution in [0.3, 0.4) is 0 Å². The van der Waals surface area contributed by atoms with Crippen molar-refractivity contribution in [1.82, 2.24) is 0 Å². The fourth-order valence-corrected chi connectivity index (χ4v) is 1.87. The Balaban J connectivity index is 2.23. The normalized spacial score (nSPS) is 10.3. The van der Waals surface area contributed by atoms with E-state index in [1.54, 1.807) is 13.0 Å². The zero-order chi connectivity index (χ0) is 14.0. The summed E-state index contributed by atoms with van der Waals surface area (Å²) in [6.07, 6.45) is 0. The number of carbonyl (C=O) groups excluding carboxylic acids is 1. The van der Waals surface area contributed by atoms with Gasteiger partial charge >= 0.3 is 0 Å². The number of phenolic OH excluding ortho intramolecular Hbond substituents is 1. The van der Waals surface area contributed by atoms with Gasteiger partial charge in [0.1, 0.15) is 11.6 Å². The molecule has 0 aliphatic carbocycles. The summed E-state index contributed by atoms with van der Waals surface area (Å²) in [5, 5.41) is 12.0. The molecule has 0 fully saturated rings. The first-order valence-corrected chi connectivity index (χ1v) is 6.32. The third kappa shape index (κ3) is 3.12. The number of anilines is 1. The van der Waals surface area contributed by atoms with Crippen LogP contribution in [0.25, 0.3) is 0 Å². The number of aryl methyl sites for hydroxylation is 1. The number of hydrogen-bond acceptors (Lipinski definition) is 2. The number of nitrogens with one attached hydrogen (secondary N) is 1. The van der Waals surface area contributed by atoms with Crippen LogP contribution >= 0.6 is 15.9 Å². The molecule has 0 saturated heterocycles. The first-order valence-electron chi connectivity index (χ1n) is 5.53. The molecule has 0 saturated carbocycles. The smallest absolute Gasteiger partial charge is 0.255 e. The maximum atomic E-state index is 13.4. The molecule has 2 N–H and O–H groups in total. The lowest BCUT2D eigenvalue weighted by atomic mass is 10.1. The van der Waals surface area contributed by atoms with E-state index < -0.39 is 11.7 Å². The van der Waals surface area contributed by atoms with Crippen LogP contribution in [-0.4, -0.2) is 11.0 Å². The van der Waals surface area contributed by atoms with Gasteiger partial charge in [-0.3, -0.25) is 4.79 Å². The van der Waals surface area contributed by atoms with Crippen molar-refractivity contribution in [3.05, 3.63) is 57.8 Å². The van der Waals surface area contributed by atoms with Crippen LogP contribution in [0.15, 0.2) is 40.9 Å². The second kappa shape index (κ2) is 5.40. The quantitative estimate of drug-likeness (QED) is 0.824. The van der Waals surface area contributed by atoms with Crippen molar-refractivity contribution in [3.63, 3.8) is 0 Å². The molecule has 2 rings (SSSR count). The number of halogens is 2. The standard InChI is InChI=1S/C14H11BrFNO2/c1-8-6-10(18)3-5-13(8)17-14(19)9-2-4-11(15)12(16)7-9/h2-7,18H,1H3,(H,17,19). The summed E-state index contributed by atoms with van der Waals surface area (Å²) in [5.41, 5.74) is 1.53. The van der Waals surface area contributed by atoms with Crippen LogP contribution in [-0.2, 0) is 0 Å². The molecule has 0 aliphatic rings. The average Bonchev–Trinajstić information content (AvgIpc) is 2.36. The van der Waals surface area contributed by atoms with Crippen LogP contribution in [0.5, 0.6) is 5.75 Å². The minimum atomic E-state index is -0.491. The third-order valence-corrected chi connectivity index (χ3v) is 3.28. The van der Waals surface area contributed by atoms with Crippen LogP contribution in [0, 0.1) is 12.7 Å². The fourth-order valence-electron chi connectivity index (χ4n) is 1.62. The molecule has 0 atom stereocenters. The minimum Gasteiger partial charge on any atom is -0.508 e. The predicted octanol–water partition coefficient (Wildman–Crippen LogP) is 3.85. The van der Waals surface area contributed by atoms with Crippen LogP contribution in [0.1, 0.15) is 15.9 Å². The van der Waals surface area contributed by atoms with E-state index in [0.29, 0.717) is 10.2 Å². The second-order valence-corrected chi connectivity index (χ2v) is 4.94. The minimum absolute atomic E-state index is 0.130. The van der Waals surface area contributed by atoms with Crippen molar-refractivity contribution in [2.75, 3.05) is 5.32 Å². The van der Waals surface area contributed by atoms with E-state index in [0.717, 1.165) is 11.6 Å². The summed E-state index contributed by atoms with van der Waals surface area (Å²) in [5.74, 6) is -0.763. The lowest BCUT2D eigenvalue weighted by molar-refractivity contribution is 0.102. The zero-order valence-corrected chi connectivity index (χ0v) is 11.7. The highest BCUT2D eigenvalue weighted by molar-refractivity contribution is 9.10. The van der Waals surface area contributed by atoms with E-state index in [2.05, 4.69) is 21.2 Å². The maximum absolute atomic E-state index is 13.4. The molecule has 0 radical (unpaired) electrons. The Morgan fingerprint density at radius 3 is 2.63 bits per heavy atom. The largest absolute Gasteiger partial charge is 0.508 e. The number of hydrogen-bond donors (Lipinski definition) is 2. The summed E-state index contributed by atoms with van der Waals surface area (Å²) in [4.78, 5) is 12.0. The number of rotatable bonds is 2. The van der Waals surface area contributed by atoms with Crippen LogP contribution in [0.4, 0.5) is 10.1 Å². The Kier molecular flexibility index (Phi) is 3.85. The molecule has 2 aromatic rings.